The van der Waals surface area contributed by atoms with Crippen molar-refractivity contribution in [1.82, 2.24) is 10.3 Å². The number of nitrogens with one attached hydrogen (secondary N) is 1. The first-order valence-corrected chi connectivity index (χ1v) is 4.75. The lowest BCUT2D eigenvalue weighted by molar-refractivity contribution is 0.440. The molecule has 1 N–H and O–H groups in total. The van der Waals surface area contributed by atoms with Crippen LogP contribution in [0, 0.1) is 12.8 Å². The molecule has 0 bridgehead atoms. The van der Waals surface area contributed by atoms with Crippen LogP contribution in [-0.2, 0) is 0 Å². The van der Waals surface area contributed by atoms with E-state index in [1.54, 1.807) is 0 Å². The Bertz CT molecular complexity index is 269. The first-order valence-electron chi connectivity index (χ1n) is 4.75. The molecular weight excluding hydrogens is 160 g/mol. The van der Waals surface area contributed by atoms with Gasteiger partial charge >= 0.3 is 0 Å². The van der Waals surface area contributed by atoms with E-state index in [1.807, 2.05) is 19.3 Å². The molecule has 0 saturated heterocycles. The predicted molar refractivity (Wildman–Crippen MR) is 55.6 cm³/mol. The Labute approximate surface area is 80.4 Å². The van der Waals surface area contributed by atoms with Crippen molar-refractivity contribution in [3.05, 3.63) is 29.6 Å². The molecule has 0 fully saturated rings. The molecule has 1 heterocycles. The van der Waals surface area contributed by atoms with Gasteiger partial charge in [-0.25, -0.2) is 0 Å². The van der Waals surface area contributed by atoms with Crippen LogP contribution in [0.5, 0.6) is 0 Å². The zero-order valence-electron chi connectivity index (χ0n) is 8.83. The standard InChI is InChI=1S/C11H18N2/c1-8(2)11(12-4)10-6-5-7-13-9(10)3/h5-8,11-12H,1-4H3. The van der Waals surface area contributed by atoms with Gasteiger partial charge in [-0.2, -0.15) is 0 Å². The highest BCUT2D eigenvalue weighted by Gasteiger charge is 2.15. The number of rotatable bonds is 3. The third-order valence-corrected chi connectivity index (χ3v) is 2.36. The van der Waals surface area contributed by atoms with E-state index in [-0.39, 0.29) is 0 Å². The summed E-state index contributed by atoms with van der Waals surface area (Å²) in [7, 11) is 2.00. The second-order valence-corrected chi connectivity index (χ2v) is 3.69. The topological polar surface area (TPSA) is 24.9 Å². The zero-order valence-corrected chi connectivity index (χ0v) is 8.83. The lowest BCUT2D eigenvalue weighted by Gasteiger charge is -2.21. The average Bonchev–Trinajstić information content (AvgIpc) is 2.09. The van der Waals surface area contributed by atoms with Crippen LogP contribution in [0.25, 0.3) is 0 Å². The van der Waals surface area contributed by atoms with E-state index in [4.69, 9.17) is 0 Å². The summed E-state index contributed by atoms with van der Waals surface area (Å²) < 4.78 is 0. The van der Waals surface area contributed by atoms with Crippen LogP contribution >= 0.6 is 0 Å². The molecule has 1 aromatic rings. The molecule has 13 heavy (non-hydrogen) atoms. The summed E-state index contributed by atoms with van der Waals surface area (Å²) >= 11 is 0. The summed E-state index contributed by atoms with van der Waals surface area (Å²) in [5, 5.41) is 3.32. The Hall–Kier alpha value is -0.890. The second-order valence-electron chi connectivity index (χ2n) is 3.69. The van der Waals surface area contributed by atoms with E-state index < -0.39 is 0 Å². The molecule has 0 radical (unpaired) electrons. The number of hydrogen-bond donors (Lipinski definition) is 1. The van der Waals surface area contributed by atoms with Gasteiger partial charge in [0.1, 0.15) is 0 Å². The van der Waals surface area contributed by atoms with E-state index in [2.05, 4.69) is 37.1 Å². The van der Waals surface area contributed by atoms with Crippen molar-refractivity contribution in [3.8, 4) is 0 Å². The molecule has 1 atom stereocenters. The van der Waals surface area contributed by atoms with Gasteiger partial charge in [-0.05, 0) is 31.5 Å². The van der Waals surface area contributed by atoms with Crippen molar-refractivity contribution >= 4 is 0 Å². The van der Waals surface area contributed by atoms with Crippen LogP contribution in [0.1, 0.15) is 31.1 Å². The third kappa shape index (κ3) is 2.28. The van der Waals surface area contributed by atoms with E-state index in [9.17, 15) is 0 Å². The molecule has 1 aromatic heterocycles. The van der Waals surface area contributed by atoms with Crippen LogP contribution in [-0.4, -0.2) is 12.0 Å². The number of pyridine rings is 1. The van der Waals surface area contributed by atoms with Gasteiger partial charge in [-0.3, -0.25) is 4.98 Å². The Morgan fingerprint density at radius 2 is 2.08 bits per heavy atom. The van der Waals surface area contributed by atoms with Gasteiger partial charge in [0, 0.05) is 17.9 Å². The summed E-state index contributed by atoms with van der Waals surface area (Å²) in [6, 6.07) is 4.55. The molecule has 0 aromatic carbocycles. The van der Waals surface area contributed by atoms with Gasteiger partial charge in [-0.1, -0.05) is 19.9 Å². The Balaban J connectivity index is 2.97. The van der Waals surface area contributed by atoms with Crippen molar-refractivity contribution in [3.63, 3.8) is 0 Å². The van der Waals surface area contributed by atoms with Crippen LogP contribution < -0.4 is 5.32 Å². The summed E-state index contributed by atoms with van der Waals surface area (Å²) in [5.41, 5.74) is 2.43. The summed E-state index contributed by atoms with van der Waals surface area (Å²) in [6.45, 7) is 6.49. The van der Waals surface area contributed by atoms with Gasteiger partial charge in [0.25, 0.3) is 0 Å². The molecule has 0 aliphatic rings. The van der Waals surface area contributed by atoms with Crippen molar-refractivity contribution in [1.29, 1.82) is 0 Å². The van der Waals surface area contributed by atoms with Crippen molar-refractivity contribution in [2.24, 2.45) is 5.92 Å². The van der Waals surface area contributed by atoms with Crippen LogP contribution in [0.15, 0.2) is 18.3 Å². The first-order chi connectivity index (χ1) is 6.16. The molecule has 0 saturated carbocycles. The van der Waals surface area contributed by atoms with Crippen molar-refractivity contribution in [2.75, 3.05) is 7.05 Å². The van der Waals surface area contributed by atoms with E-state index in [0.29, 0.717) is 12.0 Å². The summed E-state index contributed by atoms with van der Waals surface area (Å²) in [4.78, 5) is 4.29. The summed E-state index contributed by atoms with van der Waals surface area (Å²) in [5.74, 6) is 0.591. The molecule has 0 aliphatic heterocycles. The predicted octanol–water partition coefficient (Wildman–Crippen LogP) is 2.31. The minimum absolute atomic E-state index is 0.411. The molecule has 72 valence electrons. The van der Waals surface area contributed by atoms with Crippen LogP contribution in [0.2, 0.25) is 0 Å². The highest BCUT2D eigenvalue weighted by molar-refractivity contribution is 5.22. The van der Waals surface area contributed by atoms with Crippen LogP contribution in [0.4, 0.5) is 0 Å². The van der Waals surface area contributed by atoms with Gasteiger partial charge in [0.2, 0.25) is 0 Å². The number of aryl methyl sites for hydroxylation is 1. The normalized spacial score (nSPS) is 13.3. The SMILES string of the molecule is CNC(c1cccnc1C)C(C)C. The molecule has 2 nitrogen and oxygen atoms in total. The Morgan fingerprint density at radius 1 is 1.38 bits per heavy atom. The van der Waals surface area contributed by atoms with Gasteiger partial charge < -0.3 is 5.32 Å². The molecule has 1 unspecified atom stereocenters. The minimum atomic E-state index is 0.411. The molecule has 1 rings (SSSR count). The number of hydrogen-bond acceptors (Lipinski definition) is 2. The zero-order chi connectivity index (χ0) is 9.84. The van der Waals surface area contributed by atoms with Gasteiger partial charge in [0.05, 0.1) is 0 Å². The summed E-state index contributed by atoms with van der Waals surface area (Å²) in [6.07, 6.45) is 1.84. The van der Waals surface area contributed by atoms with E-state index in [0.717, 1.165) is 5.69 Å². The maximum Gasteiger partial charge on any atom is 0.0420 e. The van der Waals surface area contributed by atoms with E-state index >= 15 is 0 Å². The smallest absolute Gasteiger partial charge is 0.0420 e. The van der Waals surface area contributed by atoms with E-state index in [1.165, 1.54) is 5.56 Å². The van der Waals surface area contributed by atoms with Gasteiger partial charge in [-0.15, -0.1) is 0 Å². The molecular formula is C11H18N2. The first kappa shape index (κ1) is 10.2. The van der Waals surface area contributed by atoms with Crippen LogP contribution in [0.3, 0.4) is 0 Å². The fourth-order valence-corrected chi connectivity index (χ4v) is 1.67. The van der Waals surface area contributed by atoms with Crippen molar-refractivity contribution in [2.45, 2.75) is 26.8 Å². The highest BCUT2D eigenvalue weighted by Crippen LogP contribution is 2.22. The maximum atomic E-state index is 4.29. The number of aromatic nitrogens is 1. The largest absolute Gasteiger partial charge is 0.313 e. The lowest BCUT2D eigenvalue weighted by Crippen LogP contribution is -2.22. The quantitative estimate of drug-likeness (QED) is 0.768. The molecule has 0 amide bonds. The lowest BCUT2D eigenvalue weighted by atomic mass is 9.95. The second kappa shape index (κ2) is 4.38. The Morgan fingerprint density at radius 3 is 2.54 bits per heavy atom. The van der Waals surface area contributed by atoms with Crippen molar-refractivity contribution < 1.29 is 0 Å². The monoisotopic (exact) mass is 178 g/mol. The third-order valence-electron chi connectivity index (χ3n) is 2.36. The van der Waals surface area contributed by atoms with Gasteiger partial charge in [0.15, 0.2) is 0 Å². The maximum absolute atomic E-state index is 4.29. The number of nitrogens with zero attached hydrogens (tertiary/aromatic N) is 1. The fraction of sp³-hybridized carbons (Fsp3) is 0.545. The molecule has 0 aliphatic carbocycles. The highest BCUT2D eigenvalue weighted by atomic mass is 14.9. The fourth-order valence-electron chi connectivity index (χ4n) is 1.67. The minimum Gasteiger partial charge on any atom is -0.313 e. The average molecular weight is 178 g/mol. The molecule has 2 heteroatoms. The Kier molecular flexibility index (Phi) is 3.43. The molecule has 0 spiro atoms.